The molecule has 0 amide bonds. The molecule has 55 heavy (non-hydrogen) atoms. The Morgan fingerprint density at radius 2 is 0.891 bits per heavy atom. The van der Waals surface area contributed by atoms with E-state index in [1.807, 2.05) is 18.2 Å². The molecule has 10 rings (SSSR count). The topological polar surface area (TPSA) is 43.6 Å². The summed E-state index contributed by atoms with van der Waals surface area (Å²) in [6.07, 6.45) is 0. The van der Waals surface area contributed by atoms with Gasteiger partial charge in [0.05, 0.1) is 22.6 Å². The molecule has 0 radical (unpaired) electrons. The molecule has 0 aliphatic heterocycles. The molecule has 0 spiro atoms. The fourth-order valence-corrected chi connectivity index (χ4v) is 7.54. The molecule has 0 aliphatic carbocycles. The van der Waals surface area contributed by atoms with Crippen molar-refractivity contribution >= 4 is 21.7 Å². The molecule has 0 aliphatic rings. The number of aromatic nitrogens is 4. The Hall–Kier alpha value is -7.43. The molecule has 0 saturated carbocycles. The van der Waals surface area contributed by atoms with Crippen molar-refractivity contribution in [3.63, 3.8) is 0 Å². The van der Waals surface area contributed by atoms with Crippen molar-refractivity contribution in [1.29, 1.82) is 0 Å². The highest BCUT2D eigenvalue weighted by molar-refractivity contribution is 6.17. The molecule has 0 unspecified atom stereocenters. The van der Waals surface area contributed by atoms with E-state index in [1.54, 1.807) is 0 Å². The molecule has 258 valence electrons. The molecule has 10 aromatic rings. The number of rotatable bonds is 7. The Morgan fingerprint density at radius 3 is 1.60 bits per heavy atom. The van der Waals surface area contributed by atoms with Gasteiger partial charge in [0.25, 0.3) is 0 Å². The summed E-state index contributed by atoms with van der Waals surface area (Å²) < 4.78 is 2.11. The standard InChI is InChI=1S/C51H34N4/c1-5-16-35(17-6-1)36-28-30-39(31-29-36)51-52-46(37-18-7-2-8-19-37)34-47(53-51)42-24-15-23-40(32-42)45-33-41-22-13-14-27-44(41)50-48(45)49(38-20-9-3-10-21-38)54-55(50)43-25-11-4-12-26-43/h1-34H. The molecule has 8 aromatic carbocycles. The summed E-state index contributed by atoms with van der Waals surface area (Å²) in [7, 11) is 0. The lowest BCUT2D eigenvalue weighted by Gasteiger charge is -2.13. The largest absolute Gasteiger partial charge is 0.232 e. The second-order valence-electron chi connectivity index (χ2n) is 13.7. The predicted molar refractivity (Wildman–Crippen MR) is 227 cm³/mol. The van der Waals surface area contributed by atoms with Gasteiger partial charge in [-0.25, -0.2) is 14.6 Å². The zero-order valence-corrected chi connectivity index (χ0v) is 29.9. The van der Waals surface area contributed by atoms with E-state index in [0.29, 0.717) is 5.82 Å². The van der Waals surface area contributed by atoms with Crippen LogP contribution < -0.4 is 0 Å². The van der Waals surface area contributed by atoms with E-state index in [2.05, 4.69) is 193 Å². The lowest BCUT2D eigenvalue weighted by molar-refractivity contribution is 0.918. The molecule has 2 heterocycles. The van der Waals surface area contributed by atoms with E-state index in [9.17, 15) is 0 Å². The van der Waals surface area contributed by atoms with E-state index in [4.69, 9.17) is 15.1 Å². The maximum Gasteiger partial charge on any atom is 0.160 e. The SMILES string of the molecule is c1ccc(-c2ccc(-c3nc(-c4ccccc4)cc(-c4cccc(-c5cc6ccccc6c6c5c(-c5ccccc5)nn6-c5ccccc5)c4)n3)cc2)cc1. The number of hydrogen-bond acceptors (Lipinski definition) is 3. The Morgan fingerprint density at radius 1 is 0.364 bits per heavy atom. The maximum atomic E-state index is 5.36. The van der Waals surface area contributed by atoms with E-state index in [1.165, 1.54) is 5.56 Å². The Bertz CT molecular complexity index is 2940. The molecule has 0 N–H and O–H groups in total. The normalized spacial score (nSPS) is 11.3. The average Bonchev–Trinajstić information content (AvgIpc) is 3.69. The van der Waals surface area contributed by atoms with E-state index >= 15 is 0 Å². The van der Waals surface area contributed by atoms with Crippen LogP contribution in [0.2, 0.25) is 0 Å². The molecular weight excluding hydrogens is 669 g/mol. The minimum atomic E-state index is 0.685. The van der Waals surface area contributed by atoms with Crippen LogP contribution in [0.1, 0.15) is 0 Å². The minimum absolute atomic E-state index is 0.685. The molecule has 2 aromatic heterocycles. The highest BCUT2D eigenvalue weighted by Crippen LogP contribution is 2.42. The minimum Gasteiger partial charge on any atom is -0.232 e. The summed E-state index contributed by atoms with van der Waals surface area (Å²) in [6, 6.07) is 72.0. The summed E-state index contributed by atoms with van der Waals surface area (Å²) in [5.74, 6) is 0.685. The van der Waals surface area contributed by atoms with Gasteiger partial charge in [-0.2, -0.15) is 5.10 Å². The van der Waals surface area contributed by atoms with Crippen LogP contribution in [0.15, 0.2) is 206 Å². The maximum absolute atomic E-state index is 5.36. The lowest BCUT2D eigenvalue weighted by Crippen LogP contribution is -1.97. The van der Waals surface area contributed by atoms with Gasteiger partial charge in [0, 0.05) is 33.0 Å². The molecule has 0 atom stereocenters. The summed E-state index contributed by atoms with van der Waals surface area (Å²) >= 11 is 0. The fourth-order valence-electron chi connectivity index (χ4n) is 7.54. The summed E-state index contributed by atoms with van der Waals surface area (Å²) in [4.78, 5) is 10.3. The highest BCUT2D eigenvalue weighted by atomic mass is 15.3. The van der Waals surface area contributed by atoms with Crippen molar-refractivity contribution < 1.29 is 0 Å². The van der Waals surface area contributed by atoms with Crippen molar-refractivity contribution in [2.75, 3.05) is 0 Å². The second kappa shape index (κ2) is 13.8. The zero-order valence-electron chi connectivity index (χ0n) is 29.9. The predicted octanol–water partition coefficient (Wildman–Crippen LogP) is 13.0. The van der Waals surface area contributed by atoms with Crippen LogP contribution in [-0.4, -0.2) is 19.7 Å². The first-order valence-electron chi connectivity index (χ1n) is 18.5. The first-order chi connectivity index (χ1) is 27.3. The van der Waals surface area contributed by atoms with E-state index in [0.717, 1.165) is 83.4 Å². The van der Waals surface area contributed by atoms with Gasteiger partial charge in [-0.1, -0.05) is 176 Å². The molecule has 0 saturated heterocycles. The highest BCUT2D eigenvalue weighted by Gasteiger charge is 2.21. The Kier molecular flexibility index (Phi) is 8.12. The number of para-hydroxylation sites is 1. The quantitative estimate of drug-likeness (QED) is 0.166. The monoisotopic (exact) mass is 702 g/mol. The zero-order chi connectivity index (χ0) is 36.6. The van der Waals surface area contributed by atoms with Crippen molar-refractivity contribution in [2.45, 2.75) is 0 Å². The van der Waals surface area contributed by atoms with Gasteiger partial charge in [0.15, 0.2) is 5.82 Å². The van der Waals surface area contributed by atoms with Crippen molar-refractivity contribution in [3.8, 4) is 73.1 Å². The van der Waals surface area contributed by atoms with Crippen molar-refractivity contribution in [1.82, 2.24) is 19.7 Å². The van der Waals surface area contributed by atoms with Crippen LogP contribution in [0.5, 0.6) is 0 Å². The average molecular weight is 703 g/mol. The van der Waals surface area contributed by atoms with E-state index in [-0.39, 0.29) is 0 Å². The van der Waals surface area contributed by atoms with Gasteiger partial charge in [-0.05, 0) is 58.0 Å². The number of fused-ring (bicyclic) bond motifs is 3. The summed E-state index contributed by atoms with van der Waals surface area (Å²) in [5.41, 5.74) is 13.4. The van der Waals surface area contributed by atoms with Crippen LogP contribution in [0, 0.1) is 0 Å². The van der Waals surface area contributed by atoms with E-state index < -0.39 is 0 Å². The van der Waals surface area contributed by atoms with Crippen LogP contribution in [-0.2, 0) is 0 Å². The third-order valence-electron chi connectivity index (χ3n) is 10.2. The summed E-state index contributed by atoms with van der Waals surface area (Å²) in [5, 5.41) is 8.78. The van der Waals surface area contributed by atoms with Gasteiger partial charge in [-0.15, -0.1) is 0 Å². The van der Waals surface area contributed by atoms with Crippen LogP contribution in [0.4, 0.5) is 0 Å². The summed E-state index contributed by atoms with van der Waals surface area (Å²) in [6.45, 7) is 0. The first kappa shape index (κ1) is 32.2. The number of benzene rings is 8. The van der Waals surface area contributed by atoms with Crippen LogP contribution in [0.3, 0.4) is 0 Å². The smallest absolute Gasteiger partial charge is 0.160 e. The fraction of sp³-hybridized carbons (Fsp3) is 0. The third-order valence-corrected chi connectivity index (χ3v) is 10.2. The van der Waals surface area contributed by atoms with Gasteiger partial charge in [0.1, 0.15) is 5.69 Å². The van der Waals surface area contributed by atoms with Crippen molar-refractivity contribution in [3.05, 3.63) is 206 Å². The molecular formula is C51H34N4. The third kappa shape index (κ3) is 6.06. The number of hydrogen-bond donors (Lipinski definition) is 0. The molecule has 4 nitrogen and oxygen atoms in total. The molecule has 0 fully saturated rings. The molecule has 0 bridgehead atoms. The Balaban J connectivity index is 1.17. The van der Waals surface area contributed by atoms with Crippen LogP contribution >= 0.6 is 0 Å². The van der Waals surface area contributed by atoms with Gasteiger partial charge in [-0.3, -0.25) is 0 Å². The Labute approximate surface area is 319 Å². The van der Waals surface area contributed by atoms with Crippen molar-refractivity contribution in [2.24, 2.45) is 0 Å². The first-order valence-corrected chi connectivity index (χ1v) is 18.5. The molecule has 4 heteroatoms. The van der Waals surface area contributed by atoms with Crippen LogP contribution in [0.25, 0.3) is 94.8 Å². The van der Waals surface area contributed by atoms with Gasteiger partial charge >= 0.3 is 0 Å². The lowest BCUT2D eigenvalue weighted by atomic mass is 9.92. The van der Waals surface area contributed by atoms with Gasteiger partial charge in [0.2, 0.25) is 0 Å². The number of nitrogens with zero attached hydrogens (tertiary/aromatic N) is 4. The van der Waals surface area contributed by atoms with Gasteiger partial charge < -0.3 is 0 Å². The second-order valence-corrected chi connectivity index (χ2v) is 13.7.